The van der Waals surface area contributed by atoms with Crippen LogP contribution in [0.25, 0.3) is 0 Å². The monoisotopic (exact) mass is 227 g/mol. The third-order valence-corrected chi connectivity index (χ3v) is 2.09. The van der Waals surface area contributed by atoms with Crippen LogP contribution in [0.2, 0.25) is 0 Å². The number of hydrogen-bond acceptors (Lipinski definition) is 2. The topological polar surface area (TPSA) is 53.1 Å². The van der Waals surface area contributed by atoms with E-state index in [0.717, 1.165) is 13.1 Å². The van der Waals surface area contributed by atoms with E-state index in [0.29, 0.717) is 12.4 Å². The molecule has 0 spiro atoms. The van der Waals surface area contributed by atoms with Gasteiger partial charge in [-0.05, 0) is 25.9 Å². The molecule has 1 fully saturated rings. The van der Waals surface area contributed by atoms with Gasteiger partial charge in [-0.1, -0.05) is 12.8 Å². The fraction of sp³-hybridized carbons (Fsp3) is 0.875. The summed E-state index contributed by atoms with van der Waals surface area (Å²) >= 11 is 0. The first kappa shape index (κ1) is 15.5. The summed E-state index contributed by atoms with van der Waals surface area (Å²) in [7, 11) is 0. The molecule has 0 unspecified atom stereocenters. The predicted octanol–water partition coefficient (Wildman–Crippen LogP) is 1.64. The van der Waals surface area contributed by atoms with Gasteiger partial charge in [0.05, 0.1) is 6.54 Å². The molecular formula is C8H19Cl2N3. The average molecular weight is 228 g/mol. The highest BCUT2D eigenvalue weighted by molar-refractivity contribution is 5.85. The van der Waals surface area contributed by atoms with Crippen molar-refractivity contribution in [3.05, 3.63) is 0 Å². The highest BCUT2D eigenvalue weighted by Crippen LogP contribution is 2.08. The summed E-state index contributed by atoms with van der Waals surface area (Å²) in [4.78, 5) is 2.27. The first-order valence-electron chi connectivity index (χ1n) is 4.34. The zero-order valence-corrected chi connectivity index (χ0v) is 9.42. The molecule has 1 aliphatic heterocycles. The minimum absolute atomic E-state index is 0. The summed E-state index contributed by atoms with van der Waals surface area (Å²) in [6, 6.07) is 0. The van der Waals surface area contributed by atoms with Crippen LogP contribution >= 0.6 is 24.8 Å². The van der Waals surface area contributed by atoms with Crippen molar-refractivity contribution in [3.63, 3.8) is 0 Å². The molecule has 1 rings (SSSR count). The molecule has 1 aliphatic rings. The van der Waals surface area contributed by atoms with Gasteiger partial charge in [-0.15, -0.1) is 24.8 Å². The van der Waals surface area contributed by atoms with Crippen LogP contribution in [0.1, 0.15) is 25.7 Å². The molecule has 0 atom stereocenters. The van der Waals surface area contributed by atoms with Crippen molar-refractivity contribution in [3.8, 4) is 0 Å². The maximum absolute atomic E-state index is 7.14. The summed E-state index contributed by atoms with van der Waals surface area (Å²) in [5.41, 5.74) is 5.32. The Morgan fingerprint density at radius 3 is 1.92 bits per heavy atom. The van der Waals surface area contributed by atoms with E-state index in [9.17, 15) is 0 Å². The molecular weight excluding hydrogens is 209 g/mol. The van der Waals surface area contributed by atoms with Crippen LogP contribution in [0.5, 0.6) is 0 Å². The van der Waals surface area contributed by atoms with Crippen molar-refractivity contribution >= 4 is 30.6 Å². The van der Waals surface area contributed by atoms with E-state index in [1.54, 1.807) is 0 Å². The number of rotatable bonds is 2. The van der Waals surface area contributed by atoms with Crippen LogP contribution in [-0.4, -0.2) is 30.4 Å². The second-order valence-electron chi connectivity index (χ2n) is 3.22. The van der Waals surface area contributed by atoms with Crippen molar-refractivity contribution in [1.82, 2.24) is 4.90 Å². The zero-order valence-electron chi connectivity index (χ0n) is 7.79. The van der Waals surface area contributed by atoms with Gasteiger partial charge in [-0.25, -0.2) is 0 Å². The Bertz CT molecular complexity index is 133. The van der Waals surface area contributed by atoms with Gasteiger partial charge in [0.1, 0.15) is 5.84 Å². The summed E-state index contributed by atoms with van der Waals surface area (Å²) in [6.45, 7) is 2.92. The third-order valence-electron chi connectivity index (χ3n) is 2.09. The van der Waals surface area contributed by atoms with E-state index in [1.165, 1.54) is 25.7 Å². The van der Waals surface area contributed by atoms with Gasteiger partial charge in [0.2, 0.25) is 0 Å². The summed E-state index contributed by atoms with van der Waals surface area (Å²) < 4.78 is 0. The highest BCUT2D eigenvalue weighted by atomic mass is 35.5. The fourth-order valence-corrected chi connectivity index (χ4v) is 1.54. The minimum Gasteiger partial charge on any atom is -0.387 e. The van der Waals surface area contributed by atoms with Crippen molar-refractivity contribution in [2.75, 3.05) is 19.6 Å². The van der Waals surface area contributed by atoms with Crippen LogP contribution in [0, 0.1) is 5.41 Å². The summed E-state index contributed by atoms with van der Waals surface area (Å²) in [5.74, 6) is 0.298. The van der Waals surface area contributed by atoms with Crippen LogP contribution in [0.4, 0.5) is 0 Å². The first-order chi connectivity index (χ1) is 5.29. The van der Waals surface area contributed by atoms with Gasteiger partial charge in [-0.3, -0.25) is 10.3 Å². The van der Waals surface area contributed by atoms with E-state index < -0.39 is 0 Å². The van der Waals surface area contributed by atoms with E-state index in [-0.39, 0.29) is 24.8 Å². The molecule has 5 heteroatoms. The molecule has 0 aromatic heterocycles. The second-order valence-corrected chi connectivity index (χ2v) is 3.22. The molecule has 13 heavy (non-hydrogen) atoms. The lowest BCUT2D eigenvalue weighted by Gasteiger charge is -2.17. The van der Waals surface area contributed by atoms with Gasteiger partial charge in [-0.2, -0.15) is 0 Å². The smallest absolute Gasteiger partial charge is 0.105 e. The molecule has 3 nitrogen and oxygen atoms in total. The molecule has 0 aromatic carbocycles. The Balaban J connectivity index is 0. The molecule has 0 aromatic rings. The van der Waals surface area contributed by atoms with Gasteiger partial charge in [0, 0.05) is 0 Å². The molecule has 0 amide bonds. The number of nitrogens with two attached hydrogens (primary N) is 1. The van der Waals surface area contributed by atoms with Crippen molar-refractivity contribution in [2.24, 2.45) is 5.73 Å². The maximum Gasteiger partial charge on any atom is 0.105 e. The Kier molecular flexibility index (Phi) is 10.2. The third kappa shape index (κ3) is 7.11. The number of halogens is 2. The van der Waals surface area contributed by atoms with E-state index in [2.05, 4.69) is 4.90 Å². The standard InChI is InChI=1S/C8H17N3.2ClH/c9-8(10)7-11-5-3-1-2-4-6-11;;/h1-7H2,(H3,9,10);2*1H. The van der Waals surface area contributed by atoms with Crippen molar-refractivity contribution in [2.45, 2.75) is 25.7 Å². The Morgan fingerprint density at radius 1 is 1.08 bits per heavy atom. The number of amidine groups is 1. The molecule has 1 heterocycles. The SMILES string of the molecule is Cl.Cl.N=C(N)CN1CCCCCC1. The Morgan fingerprint density at radius 2 is 1.54 bits per heavy atom. The van der Waals surface area contributed by atoms with E-state index in [1.807, 2.05) is 0 Å². The summed E-state index contributed by atoms with van der Waals surface area (Å²) in [6.07, 6.45) is 5.23. The van der Waals surface area contributed by atoms with Gasteiger partial charge < -0.3 is 5.73 Å². The van der Waals surface area contributed by atoms with E-state index >= 15 is 0 Å². The normalized spacial score (nSPS) is 17.8. The lowest BCUT2D eigenvalue weighted by molar-refractivity contribution is 0.323. The maximum atomic E-state index is 7.14. The Labute approximate surface area is 92.4 Å². The van der Waals surface area contributed by atoms with Crippen molar-refractivity contribution in [1.29, 1.82) is 5.41 Å². The zero-order chi connectivity index (χ0) is 8.10. The number of nitrogens with zero attached hydrogens (tertiary/aromatic N) is 1. The molecule has 3 N–H and O–H groups in total. The highest BCUT2D eigenvalue weighted by Gasteiger charge is 2.08. The van der Waals surface area contributed by atoms with Gasteiger partial charge >= 0.3 is 0 Å². The number of likely N-dealkylation sites (tertiary alicyclic amines) is 1. The average Bonchev–Trinajstić information content (AvgIpc) is 2.14. The molecule has 0 aliphatic carbocycles. The van der Waals surface area contributed by atoms with Crippen LogP contribution in [0.3, 0.4) is 0 Å². The van der Waals surface area contributed by atoms with Crippen molar-refractivity contribution < 1.29 is 0 Å². The quantitative estimate of drug-likeness (QED) is 0.557. The molecule has 0 bridgehead atoms. The van der Waals surface area contributed by atoms with Crippen LogP contribution in [0.15, 0.2) is 0 Å². The molecule has 0 radical (unpaired) electrons. The van der Waals surface area contributed by atoms with E-state index in [4.69, 9.17) is 11.1 Å². The Hall–Kier alpha value is 0.01000. The van der Waals surface area contributed by atoms with Crippen LogP contribution < -0.4 is 5.73 Å². The van der Waals surface area contributed by atoms with Gasteiger partial charge in [0.15, 0.2) is 0 Å². The first-order valence-corrected chi connectivity index (χ1v) is 4.34. The molecule has 80 valence electrons. The van der Waals surface area contributed by atoms with Crippen LogP contribution in [-0.2, 0) is 0 Å². The lowest BCUT2D eigenvalue weighted by Crippen LogP contribution is -2.33. The predicted molar refractivity (Wildman–Crippen MR) is 61.3 cm³/mol. The number of nitrogens with one attached hydrogen (secondary N) is 1. The fourth-order valence-electron chi connectivity index (χ4n) is 1.54. The number of hydrogen-bond donors (Lipinski definition) is 2. The molecule has 1 saturated heterocycles. The second kappa shape index (κ2) is 8.60. The summed E-state index contributed by atoms with van der Waals surface area (Å²) in [5, 5.41) is 7.14. The van der Waals surface area contributed by atoms with Gasteiger partial charge in [0.25, 0.3) is 0 Å². The minimum atomic E-state index is 0. The molecule has 0 saturated carbocycles. The lowest BCUT2D eigenvalue weighted by atomic mass is 10.2. The largest absolute Gasteiger partial charge is 0.387 e.